The zero-order valence-corrected chi connectivity index (χ0v) is 11.6. The van der Waals surface area contributed by atoms with Gasteiger partial charge in [0.05, 0.1) is 5.02 Å². The minimum Gasteiger partial charge on any atom is -0.259 e. The number of nitrogens with zero attached hydrogens (tertiary/aromatic N) is 1. The standard InChI is InChI=1S/C15H18ClF2N/c16-13-9-19-14(11-7-15(17,18)8-11)6-12(13)10-4-2-1-3-5-10/h6,9-11H,1-5,7-8H2. The third-order valence-corrected chi connectivity index (χ3v) is 4.78. The maximum absolute atomic E-state index is 13.0. The first-order valence-corrected chi connectivity index (χ1v) is 7.46. The molecule has 4 heteroatoms. The molecule has 1 heterocycles. The van der Waals surface area contributed by atoms with Crippen molar-refractivity contribution in [3.05, 3.63) is 28.5 Å². The van der Waals surface area contributed by atoms with E-state index in [1.54, 1.807) is 6.20 Å². The van der Waals surface area contributed by atoms with E-state index in [-0.39, 0.29) is 18.8 Å². The molecule has 2 fully saturated rings. The molecule has 2 saturated carbocycles. The van der Waals surface area contributed by atoms with Crippen molar-refractivity contribution in [3.8, 4) is 0 Å². The molecule has 0 atom stereocenters. The zero-order chi connectivity index (χ0) is 13.5. The van der Waals surface area contributed by atoms with E-state index in [9.17, 15) is 8.78 Å². The fraction of sp³-hybridized carbons (Fsp3) is 0.667. The van der Waals surface area contributed by atoms with Gasteiger partial charge in [0.1, 0.15) is 0 Å². The summed E-state index contributed by atoms with van der Waals surface area (Å²) in [4.78, 5) is 4.26. The molecule has 1 nitrogen and oxygen atoms in total. The molecule has 2 aliphatic carbocycles. The maximum atomic E-state index is 13.0. The second-order valence-corrected chi connectivity index (χ2v) is 6.33. The molecule has 1 aromatic rings. The molecule has 0 amide bonds. The number of rotatable bonds is 2. The highest BCUT2D eigenvalue weighted by Gasteiger charge is 2.46. The van der Waals surface area contributed by atoms with E-state index in [0.717, 1.165) is 24.1 Å². The lowest BCUT2D eigenvalue weighted by atomic mass is 9.77. The monoisotopic (exact) mass is 285 g/mol. The van der Waals surface area contributed by atoms with Crippen LogP contribution in [0.5, 0.6) is 0 Å². The predicted octanol–water partition coefficient (Wildman–Crippen LogP) is 5.30. The third kappa shape index (κ3) is 2.76. The molecule has 19 heavy (non-hydrogen) atoms. The smallest absolute Gasteiger partial charge is 0.249 e. The van der Waals surface area contributed by atoms with E-state index in [1.807, 2.05) is 6.07 Å². The van der Waals surface area contributed by atoms with Gasteiger partial charge in [-0.05, 0) is 30.4 Å². The summed E-state index contributed by atoms with van der Waals surface area (Å²) < 4.78 is 25.9. The lowest BCUT2D eigenvalue weighted by Gasteiger charge is -2.35. The molecule has 0 aliphatic heterocycles. The van der Waals surface area contributed by atoms with E-state index in [1.165, 1.54) is 19.3 Å². The van der Waals surface area contributed by atoms with Crippen LogP contribution in [0.4, 0.5) is 8.78 Å². The highest BCUT2D eigenvalue weighted by atomic mass is 35.5. The molecule has 1 aromatic heterocycles. The summed E-state index contributed by atoms with van der Waals surface area (Å²) in [5.74, 6) is -2.09. The predicted molar refractivity (Wildman–Crippen MR) is 72.0 cm³/mol. The molecule has 0 saturated heterocycles. The minimum atomic E-state index is -2.49. The van der Waals surface area contributed by atoms with Gasteiger partial charge in [0.15, 0.2) is 0 Å². The second kappa shape index (κ2) is 5.01. The van der Waals surface area contributed by atoms with Crippen LogP contribution >= 0.6 is 11.6 Å². The van der Waals surface area contributed by atoms with Crippen molar-refractivity contribution in [2.24, 2.45) is 0 Å². The number of halogens is 3. The molecule has 0 spiro atoms. The van der Waals surface area contributed by atoms with Gasteiger partial charge in [-0.25, -0.2) is 8.78 Å². The van der Waals surface area contributed by atoms with Crippen molar-refractivity contribution in [1.82, 2.24) is 4.98 Å². The topological polar surface area (TPSA) is 12.9 Å². The Kier molecular flexibility index (Phi) is 3.50. The van der Waals surface area contributed by atoms with Gasteiger partial charge in [-0.2, -0.15) is 0 Å². The molecular weight excluding hydrogens is 268 g/mol. The van der Waals surface area contributed by atoms with E-state index in [4.69, 9.17) is 11.6 Å². The summed E-state index contributed by atoms with van der Waals surface area (Å²) in [5.41, 5.74) is 1.93. The van der Waals surface area contributed by atoms with Crippen LogP contribution in [-0.4, -0.2) is 10.9 Å². The number of hydrogen-bond acceptors (Lipinski definition) is 1. The van der Waals surface area contributed by atoms with Crippen molar-refractivity contribution in [1.29, 1.82) is 0 Å². The SMILES string of the molecule is FC1(F)CC(c2cc(C3CCCCC3)c(Cl)cn2)C1. The van der Waals surface area contributed by atoms with Crippen LogP contribution in [0.25, 0.3) is 0 Å². The Hall–Kier alpha value is -0.700. The van der Waals surface area contributed by atoms with Gasteiger partial charge in [-0.1, -0.05) is 30.9 Å². The van der Waals surface area contributed by atoms with Crippen molar-refractivity contribution < 1.29 is 8.78 Å². The highest BCUT2D eigenvalue weighted by Crippen LogP contribution is 2.48. The molecule has 0 bridgehead atoms. The van der Waals surface area contributed by atoms with E-state index in [0.29, 0.717) is 10.9 Å². The number of aromatic nitrogens is 1. The summed E-state index contributed by atoms with van der Waals surface area (Å²) in [5, 5.41) is 0.696. The molecule has 0 N–H and O–H groups in total. The van der Waals surface area contributed by atoms with Gasteiger partial charge in [-0.15, -0.1) is 0 Å². The Balaban J connectivity index is 1.80. The summed E-state index contributed by atoms with van der Waals surface area (Å²) >= 11 is 6.24. The first kappa shape index (κ1) is 13.3. The van der Waals surface area contributed by atoms with Crippen LogP contribution < -0.4 is 0 Å². The molecule has 3 rings (SSSR count). The van der Waals surface area contributed by atoms with Crippen LogP contribution in [-0.2, 0) is 0 Å². The maximum Gasteiger partial charge on any atom is 0.249 e. The second-order valence-electron chi connectivity index (χ2n) is 5.93. The molecule has 0 aromatic carbocycles. The lowest BCUT2D eigenvalue weighted by Crippen LogP contribution is -2.34. The van der Waals surface area contributed by atoms with Gasteiger partial charge in [0, 0.05) is 30.7 Å². The zero-order valence-electron chi connectivity index (χ0n) is 10.8. The van der Waals surface area contributed by atoms with Gasteiger partial charge in [0.2, 0.25) is 5.92 Å². The highest BCUT2D eigenvalue weighted by molar-refractivity contribution is 6.31. The molecule has 2 aliphatic rings. The first-order chi connectivity index (χ1) is 9.05. The van der Waals surface area contributed by atoms with Gasteiger partial charge in [-0.3, -0.25) is 4.98 Å². The molecule has 104 valence electrons. The fourth-order valence-electron chi connectivity index (χ4n) is 3.29. The Morgan fingerprint density at radius 2 is 1.79 bits per heavy atom. The molecular formula is C15H18ClF2N. The molecule has 0 unspecified atom stereocenters. The van der Waals surface area contributed by atoms with Crippen molar-refractivity contribution >= 4 is 11.6 Å². The summed E-state index contributed by atoms with van der Waals surface area (Å²) in [6.07, 6.45) is 7.60. The van der Waals surface area contributed by atoms with E-state index in [2.05, 4.69) is 4.98 Å². The minimum absolute atomic E-state index is 0.0638. The van der Waals surface area contributed by atoms with E-state index < -0.39 is 5.92 Å². The fourth-order valence-corrected chi connectivity index (χ4v) is 3.55. The average Bonchev–Trinajstić information content (AvgIpc) is 2.37. The van der Waals surface area contributed by atoms with Gasteiger partial charge in [0.25, 0.3) is 0 Å². The largest absolute Gasteiger partial charge is 0.259 e. The summed E-state index contributed by atoms with van der Waals surface area (Å²) in [7, 11) is 0. The van der Waals surface area contributed by atoms with Crippen LogP contribution in [0, 0.1) is 0 Å². The van der Waals surface area contributed by atoms with Crippen molar-refractivity contribution in [3.63, 3.8) is 0 Å². The van der Waals surface area contributed by atoms with Crippen molar-refractivity contribution in [2.75, 3.05) is 0 Å². The number of pyridine rings is 1. The van der Waals surface area contributed by atoms with E-state index >= 15 is 0 Å². The Morgan fingerprint density at radius 3 is 2.42 bits per heavy atom. The Bertz CT molecular complexity index is 461. The van der Waals surface area contributed by atoms with Crippen LogP contribution in [0.2, 0.25) is 5.02 Å². The van der Waals surface area contributed by atoms with Crippen LogP contribution in [0.1, 0.15) is 68.0 Å². The average molecular weight is 286 g/mol. The Morgan fingerprint density at radius 1 is 1.11 bits per heavy atom. The summed E-state index contributed by atoms with van der Waals surface area (Å²) in [6.45, 7) is 0. The quantitative estimate of drug-likeness (QED) is 0.719. The van der Waals surface area contributed by atoms with Crippen LogP contribution in [0.3, 0.4) is 0 Å². The lowest BCUT2D eigenvalue weighted by molar-refractivity contribution is -0.0876. The molecule has 0 radical (unpaired) electrons. The summed E-state index contributed by atoms with van der Waals surface area (Å²) in [6, 6.07) is 1.98. The van der Waals surface area contributed by atoms with Crippen LogP contribution in [0.15, 0.2) is 12.3 Å². The number of alkyl halides is 2. The number of hydrogen-bond donors (Lipinski definition) is 0. The van der Waals surface area contributed by atoms with Gasteiger partial charge >= 0.3 is 0 Å². The normalized spacial score (nSPS) is 24.2. The Labute approximate surface area is 117 Å². The first-order valence-electron chi connectivity index (χ1n) is 7.08. The third-order valence-electron chi connectivity index (χ3n) is 4.46. The van der Waals surface area contributed by atoms with Crippen molar-refractivity contribution in [2.45, 2.75) is 62.7 Å². The van der Waals surface area contributed by atoms with Gasteiger partial charge < -0.3 is 0 Å².